The molecule has 0 saturated carbocycles. The van der Waals surface area contributed by atoms with E-state index in [1.54, 1.807) is 0 Å². The molecule has 9 rings (SSSR count). The lowest BCUT2D eigenvalue weighted by Crippen LogP contribution is -2.09. The van der Waals surface area contributed by atoms with Gasteiger partial charge in [0, 0.05) is 53.0 Å². The molecule has 52 heavy (non-hydrogen) atoms. The Morgan fingerprint density at radius 1 is 0.308 bits per heavy atom. The van der Waals surface area contributed by atoms with Gasteiger partial charge in [0.05, 0.1) is 0 Å². The molecule has 0 heterocycles. The minimum Gasteiger partial charge on any atom is -0.311 e. The van der Waals surface area contributed by atoms with Crippen LogP contribution in [0.4, 0.5) is 17.1 Å². The number of allylic oxidation sites excluding steroid dienone is 3. The summed E-state index contributed by atoms with van der Waals surface area (Å²) in [6.07, 6.45) is 13.4. The quantitative estimate of drug-likeness (QED) is 0.187. The predicted octanol–water partition coefficient (Wildman–Crippen LogP) is 12.0. The SMILES string of the molecule is O=C1CC=Cc2ccccc21.O=C1CC=Cc2ccccc21.O=C1CC=Cc2ccccc21.c1ccc(N(c2ccccc2)c2ccccc2)cc1. The Morgan fingerprint density at radius 2 is 0.558 bits per heavy atom. The number of anilines is 3. The summed E-state index contributed by atoms with van der Waals surface area (Å²) in [6, 6.07) is 54.3. The van der Waals surface area contributed by atoms with Crippen molar-refractivity contribution in [3.8, 4) is 0 Å². The van der Waals surface area contributed by atoms with Crippen molar-refractivity contribution in [1.29, 1.82) is 0 Å². The molecule has 0 aromatic heterocycles. The third kappa shape index (κ3) is 9.12. The van der Waals surface area contributed by atoms with E-state index >= 15 is 0 Å². The maximum absolute atomic E-state index is 11.2. The third-order valence-corrected chi connectivity index (χ3v) is 8.63. The van der Waals surface area contributed by atoms with Crippen LogP contribution in [0.3, 0.4) is 0 Å². The first-order chi connectivity index (χ1) is 25.6. The van der Waals surface area contributed by atoms with Crippen LogP contribution in [-0.4, -0.2) is 17.3 Å². The van der Waals surface area contributed by atoms with Crippen LogP contribution in [0.2, 0.25) is 0 Å². The van der Waals surface area contributed by atoms with Crippen molar-refractivity contribution < 1.29 is 14.4 Å². The minimum atomic E-state index is 0.225. The predicted molar refractivity (Wildman–Crippen MR) is 214 cm³/mol. The monoisotopic (exact) mass is 677 g/mol. The molecule has 3 aliphatic rings. The highest BCUT2D eigenvalue weighted by Gasteiger charge is 2.13. The van der Waals surface area contributed by atoms with Gasteiger partial charge in [-0.05, 0) is 53.1 Å². The van der Waals surface area contributed by atoms with Gasteiger partial charge in [-0.2, -0.15) is 0 Å². The normalized spacial score (nSPS) is 13.0. The zero-order valence-corrected chi connectivity index (χ0v) is 28.8. The Morgan fingerprint density at radius 3 is 0.827 bits per heavy atom. The van der Waals surface area contributed by atoms with Crippen molar-refractivity contribution in [2.24, 2.45) is 0 Å². The number of carbonyl (C=O) groups is 3. The number of carbonyl (C=O) groups excluding carboxylic acids is 3. The van der Waals surface area contributed by atoms with Crippen LogP contribution in [-0.2, 0) is 0 Å². The van der Waals surface area contributed by atoms with E-state index in [2.05, 4.69) is 77.7 Å². The van der Waals surface area contributed by atoms with E-state index in [1.807, 2.05) is 127 Å². The van der Waals surface area contributed by atoms with Crippen LogP contribution in [0, 0.1) is 0 Å². The molecule has 4 nitrogen and oxygen atoms in total. The Hall–Kier alpha value is -6.65. The molecule has 0 aliphatic heterocycles. The number of rotatable bonds is 3. The summed E-state index contributed by atoms with van der Waals surface area (Å²) in [6.45, 7) is 0. The Bertz CT molecular complexity index is 1960. The maximum Gasteiger partial charge on any atom is 0.167 e. The van der Waals surface area contributed by atoms with Gasteiger partial charge in [-0.1, -0.05) is 164 Å². The highest BCUT2D eigenvalue weighted by Crippen LogP contribution is 2.33. The molecular formula is C48H39NO3. The average Bonchev–Trinajstić information content (AvgIpc) is 3.21. The molecular weight excluding hydrogens is 639 g/mol. The number of nitrogens with zero attached hydrogens (tertiary/aromatic N) is 1. The van der Waals surface area contributed by atoms with Gasteiger partial charge in [0.25, 0.3) is 0 Å². The van der Waals surface area contributed by atoms with Crippen LogP contribution < -0.4 is 4.90 Å². The van der Waals surface area contributed by atoms with Gasteiger partial charge in [-0.25, -0.2) is 0 Å². The summed E-state index contributed by atoms with van der Waals surface area (Å²) in [4.78, 5) is 36.0. The van der Waals surface area contributed by atoms with E-state index in [0.717, 1.165) is 33.4 Å². The molecule has 6 aromatic carbocycles. The number of hydrogen-bond donors (Lipinski definition) is 0. The fraction of sp³-hybridized carbons (Fsp3) is 0.0625. The van der Waals surface area contributed by atoms with Crippen molar-refractivity contribution >= 4 is 52.6 Å². The zero-order valence-electron chi connectivity index (χ0n) is 28.8. The average molecular weight is 678 g/mol. The molecule has 0 saturated heterocycles. The number of fused-ring (bicyclic) bond motifs is 3. The second kappa shape index (κ2) is 17.8. The molecule has 0 amide bonds. The lowest BCUT2D eigenvalue weighted by atomic mass is 9.97. The number of ketones is 3. The number of para-hydroxylation sites is 3. The van der Waals surface area contributed by atoms with E-state index in [0.29, 0.717) is 19.3 Å². The lowest BCUT2D eigenvalue weighted by molar-refractivity contribution is 0.0986. The molecule has 0 unspecified atom stereocenters. The molecule has 0 fully saturated rings. The van der Waals surface area contributed by atoms with Gasteiger partial charge in [-0.3, -0.25) is 14.4 Å². The van der Waals surface area contributed by atoms with E-state index in [-0.39, 0.29) is 17.3 Å². The van der Waals surface area contributed by atoms with Crippen molar-refractivity contribution in [3.05, 3.63) is 215 Å². The van der Waals surface area contributed by atoms with E-state index in [1.165, 1.54) is 17.1 Å². The van der Waals surface area contributed by atoms with Gasteiger partial charge in [0.15, 0.2) is 17.3 Å². The molecule has 3 aliphatic carbocycles. The van der Waals surface area contributed by atoms with E-state index < -0.39 is 0 Å². The van der Waals surface area contributed by atoms with Crippen molar-refractivity contribution in [3.63, 3.8) is 0 Å². The van der Waals surface area contributed by atoms with E-state index in [9.17, 15) is 14.4 Å². The van der Waals surface area contributed by atoms with Gasteiger partial charge >= 0.3 is 0 Å². The molecule has 0 N–H and O–H groups in total. The van der Waals surface area contributed by atoms with Gasteiger partial charge in [0.2, 0.25) is 0 Å². The fourth-order valence-electron chi connectivity index (χ4n) is 6.08. The summed E-state index contributed by atoms with van der Waals surface area (Å²) in [5.41, 5.74) is 9.20. The third-order valence-electron chi connectivity index (χ3n) is 8.63. The smallest absolute Gasteiger partial charge is 0.167 e. The molecule has 6 aromatic rings. The van der Waals surface area contributed by atoms with Crippen LogP contribution >= 0.6 is 0 Å². The van der Waals surface area contributed by atoms with Crippen LogP contribution in [0.15, 0.2) is 182 Å². The second-order valence-electron chi connectivity index (χ2n) is 12.2. The molecule has 0 radical (unpaired) electrons. The zero-order chi connectivity index (χ0) is 36.0. The maximum atomic E-state index is 11.2. The first kappa shape index (κ1) is 35.2. The Balaban J connectivity index is 0.000000123. The first-order valence-electron chi connectivity index (χ1n) is 17.4. The van der Waals surface area contributed by atoms with Gasteiger partial charge in [0.1, 0.15) is 0 Å². The summed E-state index contributed by atoms with van der Waals surface area (Å²) in [5.74, 6) is 0.675. The van der Waals surface area contributed by atoms with Gasteiger partial charge in [-0.15, -0.1) is 0 Å². The van der Waals surface area contributed by atoms with Gasteiger partial charge < -0.3 is 4.90 Å². The fourth-order valence-corrected chi connectivity index (χ4v) is 6.08. The molecule has 4 heteroatoms. The lowest BCUT2D eigenvalue weighted by Gasteiger charge is -2.25. The Labute approximate surface area is 305 Å². The summed E-state index contributed by atoms with van der Waals surface area (Å²) in [7, 11) is 0. The standard InChI is InChI=1S/C18H15N.3C10H8O/c1-4-10-16(11-5-1)19(17-12-6-2-7-13-17)18-14-8-3-9-15-18;3*11-10-7-3-5-8-4-1-2-6-9(8)10/h1-15H;3*1-6H,7H2. The van der Waals surface area contributed by atoms with Crippen molar-refractivity contribution in [2.75, 3.05) is 4.90 Å². The largest absolute Gasteiger partial charge is 0.311 e. The first-order valence-corrected chi connectivity index (χ1v) is 17.4. The molecule has 0 spiro atoms. The second-order valence-corrected chi connectivity index (χ2v) is 12.2. The number of Topliss-reactive ketones (excluding diaryl/α,β-unsaturated/α-hetero) is 3. The minimum absolute atomic E-state index is 0.225. The highest BCUT2D eigenvalue weighted by molar-refractivity contribution is 6.03. The van der Waals surface area contributed by atoms with Crippen LogP contribution in [0.25, 0.3) is 18.2 Å². The van der Waals surface area contributed by atoms with Crippen LogP contribution in [0.5, 0.6) is 0 Å². The topological polar surface area (TPSA) is 54.5 Å². The summed E-state index contributed by atoms with van der Waals surface area (Å²) in [5, 5.41) is 0. The molecule has 0 bridgehead atoms. The summed E-state index contributed by atoms with van der Waals surface area (Å²) >= 11 is 0. The summed E-state index contributed by atoms with van der Waals surface area (Å²) < 4.78 is 0. The highest BCUT2D eigenvalue weighted by atomic mass is 16.1. The Kier molecular flexibility index (Phi) is 12.1. The van der Waals surface area contributed by atoms with Crippen molar-refractivity contribution in [1.82, 2.24) is 0 Å². The van der Waals surface area contributed by atoms with E-state index in [4.69, 9.17) is 0 Å². The van der Waals surface area contributed by atoms with Crippen LogP contribution in [0.1, 0.15) is 67.0 Å². The number of hydrogen-bond acceptors (Lipinski definition) is 4. The molecule has 0 atom stereocenters. The van der Waals surface area contributed by atoms with Crippen molar-refractivity contribution in [2.45, 2.75) is 19.3 Å². The number of benzene rings is 6. The molecule has 254 valence electrons.